The maximum absolute atomic E-state index is 13.7. The fraction of sp³-hybridized carbons (Fsp3) is 0.423. The minimum absolute atomic E-state index is 0.0356. The van der Waals surface area contributed by atoms with E-state index in [-0.39, 0.29) is 30.4 Å². The molecule has 9 heteroatoms. The molecule has 3 aliphatic rings. The topological polar surface area (TPSA) is 97.4 Å². The summed E-state index contributed by atoms with van der Waals surface area (Å²) >= 11 is 0. The molecule has 0 radical (unpaired) electrons. The van der Waals surface area contributed by atoms with Crippen molar-refractivity contribution in [1.29, 1.82) is 0 Å². The monoisotopic (exact) mass is 479 g/mol. The second kappa shape index (κ2) is 9.58. The van der Waals surface area contributed by atoms with Gasteiger partial charge in [0.15, 0.2) is 17.6 Å². The number of carbonyl (C=O) groups is 3. The van der Waals surface area contributed by atoms with Gasteiger partial charge in [0.1, 0.15) is 6.54 Å². The summed E-state index contributed by atoms with van der Waals surface area (Å²) in [5.74, 6) is 0.328. The number of para-hydroxylation sites is 1. The maximum Gasteiger partial charge on any atom is 0.332 e. The van der Waals surface area contributed by atoms with Crippen molar-refractivity contribution in [2.45, 2.75) is 43.9 Å². The van der Waals surface area contributed by atoms with Crippen LogP contribution in [0.4, 0.5) is 16.2 Å². The molecule has 2 aliphatic heterocycles. The number of amides is 4. The molecule has 4 unspecified atom stereocenters. The van der Waals surface area contributed by atoms with Crippen LogP contribution in [-0.4, -0.2) is 61.8 Å². The lowest BCUT2D eigenvalue weighted by Crippen LogP contribution is -2.65. The molecule has 2 aromatic carbocycles. The number of rotatable bonds is 6. The van der Waals surface area contributed by atoms with E-state index < -0.39 is 18.2 Å². The van der Waals surface area contributed by atoms with Gasteiger partial charge >= 0.3 is 6.03 Å². The summed E-state index contributed by atoms with van der Waals surface area (Å²) < 4.78 is 16.8. The van der Waals surface area contributed by atoms with Crippen LogP contribution in [0.15, 0.2) is 48.5 Å². The normalized spacial score (nSPS) is 25.7. The zero-order valence-corrected chi connectivity index (χ0v) is 19.8. The molecule has 2 aromatic rings. The second-order valence-electron chi connectivity index (χ2n) is 9.07. The quantitative estimate of drug-likeness (QED) is 0.682. The first-order valence-electron chi connectivity index (χ1n) is 11.9. The number of benzene rings is 2. The van der Waals surface area contributed by atoms with Gasteiger partial charge in [-0.2, -0.15) is 0 Å². The average molecular weight is 480 g/mol. The van der Waals surface area contributed by atoms with E-state index in [4.69, 9.17) is 14.2 Å². The summed E-state index contributed by atoms with van der Waals surface area (Å²) in [5, 5.41) is 2.84. The van der Waals surface area contributed by atoms with Gasteiger partial charge in [0.25, 0.3) is 5.91 Å². The lowest BCUT2D eigenvalue weighted by atomic mass is 9.81. The van der Waals surface area contributed by atoms with Crippen LogP contribution in [0.2, 0.25) is 0 Å². The molecule has 1 N–H and O–H groups in total. The Kier molecular flexibility index (Phi) is 6.34. The SMILES string of the molecule is COc1ccc(NC(=O)CN2C(=O)N(c3ccccc3)C(=O)C3OC4CCCCC4C32)cc1OC. The Morgan fingerprint density at radius 2 is 1.77 bits per heavy atom. The molecule has 0 spiro atoms. The van der Waals surface area contributed by atoms with Crippen LogP contribution in [0.25, 0.3) is 0 Å². The van der Waals surface area contributed by atoms with Crippen molar-refractivity contribution in [3.05, 3.63) is 48.5 Å². The van der Waals surface area contributed by atoms with Crippen molar-refractivity contribution in [3.8, 4) is 11.5 Å². The molecule has 5 rings (SSSR count). The van der Waals surface area contributed by atoms with E-state index in [1.165, 1.54) is 19.1 Å². The average Bonchev–Trinajstić information content (AvgIpc) is 3.27. The van der Waals surface area contributed by atoms with Gasteiger partial charge in [-0.3, -0.25) is 9.59 Å². The Morgan fingerprint density at radius 1 is 1.03 bits per heavy atom. The van der Waals surface area contributed by atoms with Crippen LogP contribution < -0.4 is 19.7 Å². The molecule has 9 nitrogen and oxygen atoms in total. The highest BCUT2D eigenvalue weighted by molar-refractivity contribution is 6.18. The number of urea groups is 1. The Labute approximate surface area is 203 Å². The van der Waals surface area contributed by atoms with Crippen LogP contribution >= 0.6 is 0 Å². The van der Waals surface area contributed by atoms with E-state index in [1.807, 2.05) is 6.07 Å². The molecular weight excluding hydrogens is 450 g/mol. The number of methoxy groups -OCH3 is 2. The third-order valence-corrected chi connectivity index (χ3v) is 7.08. The van der Waals surface area contributed by atoms with Crippen molar-refractivity contribution >= 4 is 29.2 Å². The van der Waals surface area contributed by atoms with Crippen LogP contribution in [0.1, 0.15) is 25.7 Å². The first-order valence-corrected chi connectivity index (χ1v) is 11.9. The number of hydrogen-bond donors (Lipinski definition) is 1. The minimum atomic E-state index is -0.783. The molecule has 2 heterocycles. The van der Waals surface area contributed by atoms with E-state index in [1.54, 1.807) is 42.5 Å². The Morgan fingerprint density at radius 3 is 2.51 bits per heavy atom. The number of hydrogen-bond acceptors (Lipinski definition) is 6. The third-order valence-electron chi connectivity index (χ3n) is 7.08. The molecule has 4 amide bonds. The number of ether oxygens (including phenoxy) is 3. The van der Waals surface area contributed by atoms with Crippen molar-refractivity contribution in [1.82, 2.24) is 4.90 Å². The van der Waals surface area contributed by atoms with E-state index >= 15 is 0 Å². The van der Waals surface area contributed by atoms with E-state index in [2.05, 4.69) is 5.32 Å². The van der Waals surface area contributed by atoms with Gasteiger partial charge < -0.3 is 24.4 Å². The molecule has 184 valence electrons. The predicted molar refractivity (Wildman–Crippen MR) is 129 cm³/mol. The zero-order valence-electron chi connectivity index (χ0n) is 19.8. The molecule has 2 saturated heterocycles. The molecule has 0 bridgehead atoms. The summed E-state index contributed by atoms with van der Waals surface area (Å²) in [7, 11) is 3.06. The number of imide groups is 1. The number of nitrogens with zero attached hydrogens (tertiary/aromatic N) is 2. The number of carbonyl (C=O) groups excluding carboxylic acids is 3. The highest BCUT2D eigenvalue weighted by atomic mass is 16.5. The highest BCUT2D eigenvalue weighted by Gasteiger charge is 2.58. The third kappa shape index (κ3) is 4.20. The van der Waals surface area contributed by atoms with Gasteiger partial charge in [0.05, 0.1) is 32.1 Å². The summed E-state index contributed by atoms with van der Waals surface area (Å²) in [6.45, 7) is -0.197. The first-order chi connectivity index (χ1) is 17.0. The smallest absolute Gasteiger partial charge is 0.332 e. The second-order valence-corrected chi connectivity index (χ2v) is 9.07. The molecule has 4 atom stereocenters. The van der Waals surface area contributed by atoms with Crippen molar-refractivity contribution in [2.24, 2.45) is 5.92 Å². The van der Waals surface area contributed by atoms with Crippen molar-refractivity contribution < 1.29 is 28.6 Å². The number of fused-ring (bicyclic) bond motifs is 3. The van der Waals surface area contributed by atoms with Gasteiger partial charge in [0.2, 0.25) is 5.91 Å². The molecule has 0 aromatic heterocycles. The lowest BCUT2D eigenvalue weighted by Gasteiger charge is -2.42. The van der Waals surface area contributed by atoms with Gasteiger partial charge in [-0.25, -0.2) is 9.69 Å². The van der Waals surface area contributed by atoms with Crippen LogP contribution in [0.5, 0.6) is 11.5 Å². The molecule has 1 aliphatic carbocycles. The summed E-state index contributed by atoms with van der Waals surface area (Å²) in [6, 6.07) is 12.9. The predicted octanol–water partition coefficient (Wildman–Crippen LogP) is 3.44. The molecule has 1 saturated carbocycles. The largest absolute Gasteiger partial charge is 0.493 e. The lowest BCUT2D eigenvalue weighted by molar-refractivity contribution is -0.133. The Bertz CT molecular complexity index is 1120. The summed E-state index contributed by atoms with van der Waals surface area (Å²) in [5.41, 5.74) is 0.979. The Balaban J connectivity index is 1.42. The van der Waals surface area contributed by atoms with E-state index in [0.717, 1.165) is 30.6 Å². The van der Waals surface area contributed by atoms with Gasteiger partial charge in [-0.05, 0) is 37.1 Å². The molecule has 3 fully saturated rings. The fourth-order valence-corrected chi connectivity index (χ4v) is 5.51. The van der Waals surface area contributed by atoms with Gasteiger partial charge in [-0.1, -0.05) is 31.0 Å². The molecule has 35 heavy (non-hydrogen) atoms. The van der Waals surface area contributed by atoms with Crippen LogP contribution in [0.3, 0.4) is 0 Å². The van der Waals surface area contributed by atoms with Crippen LogP contribution in [0, 0.1) is 5.92 Å². The summed E-state index contributed by atoms with van der Waals surface area (Å²) in [4.78, 5) is 42.9. The van der Waals surface area contributed by atoms with Crippen molar-refractivity contribution in [3.63, 3.8) is 0 Å². The summed E-state index contributed by atoms with van der Waals surface area (Å²) in [6.07, 6.45) is 2.91. The van der Waals surface area contributed by atoms with E-state index in [0.29, 0.717) is 22.9 Å². The number of anilines is 2. The number of nitrogens with one attached hydrogen (secondary N) is 1. The maximum atomic E-state index is 13.7. The first kappa shape index (κ1) is 23.2. The highest BCUT2D eigenvalue weighted by Crippen LogP contribution is 2.43. The zero-order chi connectivity index (χ0) is 24.5. The van der Waals surface area contributed by atoms with Gasteiger partial charge in [-0.15, -0.1) is 0 Å². The fourth-order valence-electron chi connectivity index (χ4n) is 5.51. The molecular formula is C26H29N3O6. The van der Waals surface area contributed by atoms with E-state index in [9.17, 15) is 14.4 Å². The van der Waals surface area contributed by atoms with Gasteiger partial charge in [0, 0.05) is 17.7 Å². The Hall–Kier alpha value is -3.59. The van der Waals surface area contributed by atoms with Crippen LogP contribution in [-0.2, 0) is 14.3 Å². The van der Waals surface area contributed by atoms with Crippen molar-refractivity contribution in [2.75, 3.05) is 31.0 Å². The standard InChI is InChI=1S/C26H29N3O6/c1-33-20-13-12-16(14-21(20)34-2)27-22(30)15-28-23-18-10-6-7-11-19(18)35-24(23)25(31)29(26(28)32)17-8-4-3-5-9-17/h3-5,8-9,12-14,18-19,23-24H,6-7,10-11,15H2,1-2H3,(H,27,30). The minimum Gasteiger partial charge on any atom is -0.493 e.